The Bertz CT molecular complexity index is 631. The Morgan fingerprint density at radius 3 is 2.79 bits per heavy atom. The average Bonchev–Trinajstić information content (AvgIpc) is 3.32. The van der Waals surface area contributed by atoms with Crippen molar-refractivity contribution in [3.63, 3.8) is 0 Å². The van der Waals surface area contributed by atoms with Gasteiger partial charge in [-0.05, 0) is 37.3 Å². The maximum absolute atomic E-state index is 11.9. The van der Waals surface area contributed by atoms with Crippen molar-refractivity contribution < 1.29 is 13.9 Å². The van der Waals surface area contributed by atoms with E-state index in [1.807, 2.05) is 42.5 Å². The van der Waals surface area contributed by atoms with E-state index < -0.39 is 0 Å². The molecule has 128 valence electrons. The van der Waals surface area contributed by atoms with E-state index in [-0.39, 0.29) is 5.91 Å². The molecule has 1 aliphatic carbocycles. The maximum atomic E-state index is 11.9. The third kappa shape index (κ3) is 5.53. The zero-order valence-corrected chi connectivity index (χ0v) is 14.0. The van der Waals surface area contributed by atoms with Crippen molar-refractivity contribution in [1.29, 1.82) is 0 Å². The predicted molar refractivity (Wildman–Crippen MR) is 93.6 cm³/mol. The van der Waals surface area contributed by atoms with Crippen molar-refractivity contribution in [2.75, 3.05) is 19.8 Å². The molecule has 2 aromatic rings. The summed E-state index contributed by atoms with van der Waals surface area (Å²) in [5, 5.41) is 2.93. The van der Waals surface area contributed by atoms with Crippen molar-refractivity contribution in [3.8, 4) is 11.3 Å². The summed E-state index contributed by atoms with van der Waals surface area (Å²) in [6, 6.07) is 13.9. The number of ether oxygens (including phenoxy) is 1. The Morgan fingerprint density at radius 1 is 1.17 bits per heavy atom. The molecule has 24 heavy (non-hydrogen) atoms. The highest BCUT2D eigenvalue weighted by Gasteiger charge is 2.20. The van der Waals surface area contributed by atoms with Crippen LogP contribution in [-0.2, 0) is 16.0 Å². The molecule has 0 saturated heterocycles. The molecule has 1 aromatic heterocycles. The van der Waals surface area contributed by atoms with Gasteiger partial charge in [-0.3, -0.25) is 4.79 Å². The van der Waals surface area contributed by atoms with Crippen LogP contribution >= 0.6 is 0 Å². The molecule has 0 bridgehead atoms. The second kappa shape index (κ2) is 8.69. The number of nitrogens with one attached hydrogen (secondary N) is 1. The Kier molecular flexibility index (Phi) is 6.07. The van der Waals surface area contributed by atoms with Gasteiger partial charge in [0.25, 0.3) is 0 Å². The van der Waals surface area contributed by atoms with E-state index in [1.165, 1.54) is 12.8 Å². The van der Waals surface area contributed by atoms with Crippen molar-refractivity contribution in [1.82, 2.24) is 5.32 Å². The standard InChI is InChI=1S/C20H25NO3/c22-20(21-13-4-14-23-15-16-7-8-16)12-10-18-9-11-19(24-18)17-5-2-1-3-6-17/h1-3,5-6,9,11,16H,4,7-8,10,12-15H2,(H,21,22). The highest BCUT2D eigenvalue weighted by atomic mass is 16.5. The normalized spacial score (nSPS) is 13.8. The van der Waals surface area contributed by atoms with Crippen LogP contribution in [0.5, 0.6) is 0 Å². The van der Waals surface area contributed by atoms with Crippen LogP contribution < -0.4 is 5.32 Å². The van der Waals surface area contributed by atoms with E-state index in [4.69, 9.17) is 9.15 Å². The molecule has 0 aliphatic heterocycles. The molecule has 0 radical (unpaired) electrons. The molecule has 1 heterocycles. The molecule has 3 rings (SSSR count). The topological polar surface area (TPSA) is 51.5 Å². The summed E-state index contributed by atoms with van der Waals surface area (Å²) in [5.74, 6) is 2.55. The lowest BCUT2D eigenvalue weighted by Gasteiger charge is -2.05. The second-order valence-corrected chi connectivity index (χ2v) is 6.35. The van der Waals surface area contributed by atoms with Crippen LogP contribution in [0.3, 0.4) is 0 Å². The molecule has 1 N–H and O–H groups in total. The van der Waals surface area contributed by atoms with Gasteiger partial charge < -0.3 is 14.5 Å². The van der Waals surface area contributed by atoms with Gasteiger partial charge in [-0.1, -0.05) is 30.3 Å². The Morgan fingerprint density at radius 2 is 2.00 bits per heavy atom. The highest BCUT2D eigenvalue weighted by Crippen LogP contribution is 2.28. The van der Waals surface area contributed by atoms with Crippen molar-refractivity contribution in [3.05, 3.63) is 48.2 Å². The van der Waals surface area contributed by atoms with Crippen LogP contribution in [0.25, 0.3) is 11.3 Å². The number of aryl methyl sites for hydroxylation is 1. The lowest BCUT2D eigenvalue weighted by molar-refractivity contribution is -0.121. The molecular formula is C20H25NO3. The highest BCUT2D eigenvalue weighted by molar-refractivity contribution is 5.76. The van der Waals surface area contributed by atoms with E-state index in [1.54, 1.807) is 0 Å². The number of rotatable bonds is 10. The Balaban J connectivity index is 1.30. The Labute approximate surface area is 143 Å². The first-order chi connectivity index (χ1) is 11.8. The van der Waals surface area contributed by atoms with Crippen LogP contribution in [0.15, 0.2) is 46.9 Å². The van der Waals surface area contributed by atoms with Crippen LogP contribution in [-0.4, -0.2) is 25.7 Å². The molecule has 0 atom stereocenters. The number of carbonyl (C=O) groups is 1. The number of hydrogen-bond donors (Lipinski definition) is 1. The summed E-state index contributed by atoms with van der Waals surface area (Å²) >= 11 is 0. The molecule has 0 spiro atoms. The van der Waals surface area contributed by atoms with Gasteiger partial charge in [0.05, 0.1) is 0 Å². The van der Waals surface area contributed by atoms with Crippen LogP contribution in [0.2, 0.25) is 0 Å². The summed E-state index contributed by atoms with van der Waals surface area (Å²) in [7, 11) is 0. The van der Waals surface area contributed by atoms with Gasteiger partial charge in [0.15, 0.2) is 0 Å². The van der Waals surface area contributed by atoms with Crippen molar-refractivity contribution >= 4 is 5.91 Å². The minimum atomic E-state index is 0.0647. The van der Waals surface area contributed by atoms with Crippen molar-refractivity contribution in [2.45, 2.75) is 32.1 Å². The van der Waals surface area contributed by atoms with Gasteiger partial charge in [-0.2, -0.15) is 0 Å². The van der Waals surface area contributed by atoms with Gasteiger partial charge in [-0.15, -0.1) is 0 Å². The van der Waals surface area contributed by atoms with Gasteiger partial charge >= 0.3 is 0 Å². The van der Waals surface area contributed by atoms with Gasteiger partial charge in [-0.25, -0.2) is 0 Å². The SMILES string of the molecule is O=C(CCc1ccc(-c2ccccc2)o1)NCCCOCC1CC1. The van der Waals surface area contributed by atoms with Crippen molar-refractivity contribution in [2.24, 2.45) is 5.92 Å². The van der Waals surface area contributed by atoms with E-state index >= 15 is 0 Å². The monoisotopic (exact) mass is 327 g/mol. The molecule has 1 aliphatic rings. The zero-order valence-electron chi connectivity index (χ0n) is 14.0. The molecule has 1 amide bonds. The van der Waals surface area contributed by atoms with Gasteiger partial charge in [0, 0.05) is 38.2 Å². The quantitative estimate of drug-likeness (QED) is 0.675. The van der Waals surface area contributed by atoms with E-state index in [0.29, 0.717) is 19.4 Å². The summed E-state index contributed by atoms with van der Waals surface area (Å²) in [4.78, 5) is 11.9. The number of furan rings is 1. The summed E-state index contributed by atoms with van der Waals surface area (Å²) in [5.41, 5.74) is 1.05. The van der Waals surface area contributed by atoms with E-state index in [0.717, 1.165) is 42.6 Å². The van der Waals surface area contributed by atoms with Gasteiger partial charge in [0.2, 0.25) is 5.91 Å². The second-order valence-electron chi connectivity index (χ2n) is 6.35. The lowest BCUT2D eigenvalue weighted by Crippen LogP contribution is -2.25. The fraction of sp³-hybridized carbons (Fsp3) is 0.450. The fourth-order valence-electron chi connectivity index (χ4n) is 2.53. The number of benzene rings is 1. The van der Waals surface area contributed by atoms with E-state index in [2.05, 4.69) is 5.32 Å². The maximum Gasteiger partial charge on any atom is 0.220 e. The molecule has 0 unspecified atom stereocenters. The molecule has 1 saturated carbocycles. The van der Waals surface area contributed by atoms with Crippen LogP contribution in [0.4, 0.5) is 0 Å². The van der Waals surface area contributed by atoms with E-state index in [9.17, 15) is 4.79 Å². The first-order valence-corrected chi connectivity index (χ1v) is 8.80. The van der Waals surface area contributed by atoms with Gasteiger partial charge in [0.1, 0.15) is 11.5 Å². The number of carbonyl (C=O) groups excluding carboxylic acids is 1. The smallest absolute Gasteiger partial charge is 0.220 e. The number of amides is 1. The first kappa shape index (κ1) is 16.8. The fourth-order valence-corrected chi connectivity index (χ4v) is 2.53. The lowest BCUT2D eigenvalue weighted by atomic mass is 10.2. The summed E-state index contributed by atoms with van der Waals surface area (Å²) in [6.45, 7) is 2.29. The third-order valence-electron chi connectivity index (χ3n) is 4.16. The average molecular weight is 327 g/mol. The predicted octanol–water partition coefficient (Wildman–Crippen LogP) is 3.81. The van der Waals surface area contributed by atoms with Crippen LogP contribution in [0, 0.1) is 5.92 Å². The zero-order chi connectivity index (χ0) is 16.6. The largest absolute Gasteiger partial charge is 0.461 e. The minimum absolute atomic E-state index is 0.0647. The molecule has 4 heteroatoms. The Hall–Kier alpha value is -2.07. The summed E-state index contributed by atoms with van der Waals surface area (Å²) in [6.07, 6.45) is 4.57. The molecule has 4 nitrogen and oxygen atoms in total. The minimum Gasteiger partial charge on any atom is -0.461 e. The molecule has 1 aromatic carbocycles. The third-order valence-corrected chi connectivity index (χ3v) is 4.16. The molecule has 1 fully saturated rings. The first-order valence-electron chi connectivity index (χ1n) is 8.80. The number of hydrogen-bond acceptors (Lipinski definition) is 3. The van der Waals surface area contributed by atoms with Crippen LogP contribution in [0.1, 0.15) is 31.4 Å². The summed E-state index contributed by atoms with van der Waals surface area (Å²) < 4.78 is 11.4. The molecular weight excluding hydrogens is 302 g/mol.